The zero-order valence-corrected chi connectivity index (χ0v) is 14.2. The van der Waals surface area contributed by atoms with Crippen LogP contribution in [0.3, 0.4) is 0 Å². The van der Waals surface area contributed by atoms with Crippen molar-refractivity contribution in [1.82, 2.24) is 10.3 Å². The van der Waals surface area contributed by atoms with Crippen LogP contribution < -0.4 is 5.32 Å². The van der Waals surface area contributed by atoms with Crippen molar-refractivity contribution in [2.24, 2.45) is 0 Å². The van der Waals surface area contributed by atoms with Gasteiger partial charge >= 0.3 is 5.97 Å². The topological polar surface area (TPSA) is 71.2 Å². The van der Waals surface area contributed by atoms with Crippen LogP contribution in [0.1, 0.15) is 62.6 Å². The minimum Gasteiger partial charge on any atom is -0.465 e. The van der Waals surface area contributed by atoms with Gasteiger partial charge in [-0.3, -0.25) is 4.79 Å². The van der Waals surface area contributed by atoms with Crippen LogP contribution in [-0.2, 0) is 17.6 Å². The molecule has 1 atom stereocenters. The Morgan fingerprint density at radius 2 is 2.08 bits per heavy atom. The van der Waals surface area contributed by atoms with Crippen molar-refractivity contribution in [2.45, 2.75) is 39.2 Å². The lowest BCUT2D eigenvalue weighted by atomic mass is 10.1. The summed E-state index contributed by atoms with van der Waals surface area (Å²) in [6.45, 7) is 3.71. The molecule has 126 valence electrons. The van der Waals surface area contributed by atoms with E-state index in [0.717, 1.165) is 18.5 Å². The van der Waals surface area contributed by atoms with Crippen LogP contribution in [-0.4, -0.2) is 24.0 Å². The molecule has 1 unspecified atom stereocenters. The molecule has 2 aromatic rings. The highest BCUT2D eigenvalue weighted by Crippen LogP contribution is 2.31. The monoisotopic (exact) mass is 326 g/mol. The minimum absolute atomic E-state index is 0.0167. The molecule has 0 aliphatic heterocycles. The normalized spacial score (nSPS) is 15.9. The number of hydrogen-bond donors (Lipinski definition) is 2. The van der Waals surface area contributed by atoms with Crippen molar-refractivity contribution in [2.75, 3.05) is 7.11 Å². The Hall–Kier alpha value is -2.56. The van der Waals surface area contributed by atoms with Gasteiger partial charge in [0, 0.05) is 5.69 Å². The first-order valence-electron chi connectivity index (χ1n) is 8.25. The number of benzene rings is 1. The van der Waals surface area contributed by atoms with E-state index in [1.807, 2.05) is 19.1 Å². The van der Waals surface area contributed by atoms with Crippen molar-refractivity contribution in [3.8, 4) is 0 Å². The van der Waals surface area contributed by atoms with E-state index in [-0.39, 0.29) is 11.9 Å². The van der Waals surface area contributed by atoms with E-state index in [9.17, 15) is 9.59 Å². The summed E-state index contributed by atoms with van der Waals surface area (Å²) in [5.41, 5.74) is 4.75. The van der Waals surface area contributed by atoms with Gasteiger partial charge in [-0.05, 0) is 42.9 Å². The first kappa shape index (κ1) is 16.3. The van der Waals surface area contributed by atoms with Gasteiger partial charge in [0.15, 0.2) is 0 Å². The van der Waals surface area contributed by atoms with E-state index in [2.05, 4.69) is 22.4 Å². The standard InChI is InChI=1S/C19H22N2O3/c1-4-14-16(19(23)24-3)11(2)17(20-14)18(22)21-15-10-9-12-7-5-6-8-13(12)15/h5-8,15,20H,4,9-10H2,1-3H3,(H,21,22). The van der Waals surface area contributed by atoms with Crippen molar-refractivity contribution in [3.63, 3.8) is 0 Å². The van der Waals surface area contributed by atoms with Gasteiger partial charge in [0.1, 0.15) is 5.69 Å². The summed E-state index contributed by atoms with van der Waals surface area (Å²) in [7, 11) is 1.35. The SMILES string of the molecule is CCc1[nH]c(C(=O)NC2CCc3ccccc32)c(C)c1C(=O)OC. The molecular weight excluding hydrogens is 304 g/mol. The minimum atomic E-state index is -0.411. The van der Waals surface area contributed by atoms with Crippen LogP contribution >= 0.6 is 0 Å². The number of H-pyrrole nitrogens is 1. The molecule has 3 rings (SSSR count). The molecule has 1 aliphatic rings. The lowest BCUT2D eigenvalue weighted by Gasteiger charge is -2.14. The molecule has 24 heavy (non-hydrogen) atoms. The smallest absolute Gasteiger partial charge is 0.339 e. The number of fused-ring (bicyclic) bond motifs is 1. The number of rotatable bonds is 4. The van der Waals surface area contributed by atoms with Crippen LogP contribution in [0, 0.1) is 6.92 Å². The quantitative estimate of drug-likeness (QED) is 0.848. The number of hydrogen-bond acceptors (Lipinski definition) is 3. The fourth-order valence-corrected chi connectivity index (χ4v) is 3.47. The van der Waals surface area contributed by atoms with Gasteiger partial charge in [0.2, 0.25) is 0 Å². The molecule has 0 saturated heterocycles. The number of nitrogens with one attached hydrogen (secondary N) is 2. The first-order chi connectivity index (χ1) is 11.6. The molecule has 1 amide bonds. The lowest BCUT2D eigenvalue weighted by Crippen LogP contribution is -2.28. The lowest BCUT2D eigenvalue weighted by molar-refractivity contribution is 0.0599. The van der Waals surface area contributed by atoms with Crippen LogP contribution in [0.25, 0.3) is 0 Å². The summed E-state index contributed by atoms with van der Waals surface area (Å²) in [5, 5.41) is 3.09. The van der Waals surface area contributed by atoms with Crippen LogP contribution in [0.5, 0.6) is 0 Å². The summed E-state index contributed by atoms with van der Waals surface area (Å²) in [6.07, 6.45) is 2.50. The highest BCUT2D eigenvalue weighted by molar-refractivity contribution is 6.00. The summed E-state index contributed by atoms with van der Waals surface area (Å²) < 4.78 is 4.84. The van der Waals surface area contributed by atoms with Gasteiger partial charge in [-0.1, -0.05) is 31.2 Å². The number of ether oxygens (including phenoxy) is 1. The highest BCUT2D eigenvalue weighted by Gasteiger charge is 2.27. The van der Waals surface area contributed by atoms with Gasteiger partial charge in [-0.25, -0.2) is 4.79 Å². The molecule has 1 heterocycles. The zero-order valence-electron chi connectivity index (χ0n) is 14.2. The Balaban J connectivity index is 1.86. The number of aryl methyl sites for hydroxylation is 2. The summed E-state index contributed by atoms with van der Waals surface area (Å²) in [5.74, 6) is -0.593. The molecule has 0 radical (unpaired) electrons. The number of amides is 1. The van der Waals surface area contributed by atoms with Crippen LogP contribution in [0.2, 0.25) is 0 Å². The van der Waals surface area contributed by atoms with E-state index in [4.69, 9.17) is 4.74 Å². The molecule has 1 aromatic carbocycles. The summed E-state index contributed by atoms with van der Waals surface area (Å²) >= 11 is 0. The van der Waals surface area contributed by atoms with Crippen LogP contribution in [0.4, 0.5) is 0 Å². The van der Waals surface area contributed by atoms with Crippen molar-refractivity contribution < 1.29 is 14.3 Å². The molecule has 0 saturated carbocycles. The third-order valence-corrected chi connectivity index (χ3v) is 4.74. The number of carbonyl (C=O) groups is 2. The average Bonchev–Trinajstić information content (AvgIpc) is 3.15. The predicted molar refractivity (Wildman–Crippen MR) is 91.2 cm³/mol. The number of carbonyl (C=O) groups excluding carboxylic acids is 2. The van der Waals surface area contributed by atoms with Gasteiger partial charge in [-0.2, -0.15) is 0 Å². The zero-order chi connectivity index (χ0) is 17.3. The summed E-state index contributed by atoms with van der Waals surface area (Å²) in [4.78, 5) is 27.8. The molecule has 5 heteroatoms. The number of aromatic amines is 1. The molecule has 0 bridgehead atoms. The molecule has 1 aliphatic carbocycles. The van der Waals surface area contributed by atoms with E-state index in [1.165, 1.54) is 18.2 Å². The van der Waals surface area contributed by atoms with Gasteiger partial charge in [-0.15, -0.1) is 0 Å². The van der Waals surface area contributed by atoms with Crippen molar-refractivity contribution in [1.29, 1.82) is 0 Å². The summed E-state index contributed by atoms with van der Waals surface area (Å²) in [6, 6.07) is 8.20. The van der Waals surface area contributed by atoms with E-state index < -0.39 is 5.97 Å². The fourth-order valence-electron chi connectivity index (χ4n) is 3.47. The average molecular weight is 326 g/mol. The van der Waals surface area contributed by atoms with Crippen molar-refractivity contribution in [3.05, 3.63) is 57.9 Å². The highest BCUT2D eigenvalue weighted by atomic mass is 16.5. The van der Waals surface area contributed by atoms with Crippen molar-refractivity contribution >= 4 is 11.9 Å². The maximum atomic E-state index is 12.7. The molecule has 0 spiro atoms. The third kappa shape index (κ3) is 2.70. The molecular formula is C19H22N2O3. The molecule has 5 nitrogen and oxygen atoms in total. The second-order valence-corrected chi connectivity index (χ2v) is 6.09. The van der Waals surface area contributed by atoms with E-state index in [0.29, 0.717) is 23.2 Å². The predicted octanol–water partition coefficient (Wildman–Crippen LogP) is 3.09. The largest absolute Gasteiger partial charge is 0.465 e. The maximum Gasteiger partial charge on any atom is 0.339 e. The number of esters is 1. The van der Waals surface area contributed by atoms with Gasteiger partial charge in [0.05, 0.1) is 18.7 Å². The molecule has 0 fully saturated rings. The van der Waals surface area contributed by atoms with E-state index >= 15 is 0 Å². The van der Waals surface area contributed by atoms with Gasteiger partial charge in [0.25, 0.3) is 5.91 Å². The Kier molecular flexibility index (Phi) is 4.42. The Labute approximate surface area is 141 Å². The Morgan fingerprint density at radius 1 is 1.33 bits per heavy atom. The Bertz CT molecular complexity index is 792. The molecule has 1 aromatic heterocycles. The third-order valence-electron chi connectivity index (χ3n) is 4.74. The number of aromatic nitrogens is 1. The second-order valence-electron chi connectivity index (χ2n) is 6.09. The number of methoxy groups -OCH3 is 1. The van der Waals surface area contributed by atoms with Gasteiger partial charge < -0.3 is 15.0 Å². The maximum absolute atomic E-state index is 12.7. The Morgan fingerprint density at radius 3 is 2.79 bits per heavy atom. The fraction of sp³-hybridized carbons (Fsp3) is 0.368. The molecule has 2 N–H and O–H groups in total. The second kappa shape index (κ2) is 6.51. The first-order valence-corrected chi connectivity index (χ1v) is 8.25. The van der Waals surface area contributed by atoms with E-state index in [1.54, 1.807) is 6.92 Å². The van der Waals surface area contributed by atoms with Crippen LogP contribution in [0.15, 0.2) is 24.3 Å².